The van der Waals surface area contributed by atoms with Crippen LogP contribution in [0.3, 0.4) is 0 Å². The number of nitrogens with zero attached hydrogens (tertiary/aromatic N) is 1. The molecule has 7 rings (SSSR count). The molecule has 0 spiro atoms. The largest absolute Gasteiger partial charge is 0.508 e. The molecular formula is C42H43BrNO2+. The SMILES string of the molecule is Br.CCCC[N+]1(CCCC)Cc2c(-c3ccc(O)cc3)cc3ccccc3c2-c2c(c(-c3ccc(O)cc3)cc3ccccc23)C1. The number of phenolic OH excluding ortho intramolecular Hbond substituents is 2. The van der Waals surface area contributed by atoms with Crippen molar-refractivity contribution in [2.45, 2.75) is 52.6 Å². The number of halogens is 1. The first kappa shape index (κ1) is 31.8. The standard InChI is InChI=1S/C42H41NO2.BrH/c1-3-5-23-43(24-6-4-2)27-39-37(29-15-19-33(44)20-16-29)25-31-11-7-9-13-35(31)41(39)42-36-14-10-8-12-32(36)26-38(40(42)28-43)30-17-21-34(45)22-18-30;/h7-22,25-26H,3-6,23-24,27-28H2,1-2H3,(H-,44,45);1H/p+1. The van der Waals surface area contributed by atoms with E-state index in [0.717, 1.165) is 54.6 Å². The third-order valence-corrected chi connectivity index (χ3v) is 9.88. The molecule has 0 saturated carbocycles. The molecule has 0 atom stereocenters. The molecule has 0 fully saturated rings. The Morgan fingerprint density at radius 3 is 1.33 bits per heavy atom. The summed E-state index contributed by atoms with van der Waals surface area (Å²) in [5, 5.41) is 25.5. The molecule has 0 aliphatic carbocycles. The van der Waals surface area contributed by atoms with Crippen LogP contribution in [0.2, 0.25) is 0 Å². The molecule has 2 N–H and O–H groups in total. The minimum absolute atomic E-state index is 0. The van der Waals surface area contributed by atoms with Crippen molar-refractivity contribution < 1.29 is 14.7 Å². The molecule has 0 amide bonds. The van der Waals surface area contributed by atoms with Gasteiger partial charge in [0.2, 0.25) is 0 Å². The maximum absolute atomic E-state index is 10.2. The molecule has 0 aromatic heterocycles. The summed E-state index contributed by atoms with van der Waals surface area (Å²) in [5.41, 5.74) is 10.3. The maximum atomic E-state index is 10.2. The molecule has 0 saturated heterocycles. The number of unbranched alkanes of at least 4 members (excludes halogenated alkanes) is 2. The van der Waals surface area contributed by atoms with E-state index in [2.05, 4.69) is 98.8 Å². The Bertz CT molecular complexity index is 1850. The number of hydrogen-bond donors (Lipinski definition) is 2. The molecule has 0 unspecified atom stereocenters. The van der Waals surface area contributed by atoms with Crippen LogP contribution in [-0.4, -0.2) is 27.8 Å². The maximum Gasteiger partial charge on any atom is 0.115 e. The average molecular weight is 674 g/mol. The number of phenols is 2. The van der Waals surface area contributed by atoms with Gasteiger partial charge in [-0.15, -0.1) is 17.0 Å². The van der Waals surface area contributed by atoms with Crippen LogP contribution in [0.1, 0.15) is 50.7 Å². The number of fused-ring (bicyclic) bond motifs is 7. The first-order valence-corrected chi connectivity index (χ1v) is 16.5. The van der Waals surface area contributed by atoms with Crippen molar-refractivity contribution in [1.29, 1.82) is 0 Å². The van der Waals surface area contributed by atoms with Crippen LogP contribution >= 0.6 is 17.0 Å². The zero-order valence-corrected chi connectivity index (χ0v) is 28.5. The predicted molar refractivity (Wildman–Crippen MR) is 199 cm³/mol. The molecule has 46 heavy (non-hydrogen) atoms. The quantitative estimate of drug-likeness (QED) is 0.158. The fourth-order valence-corrected chi connectivity index (χ4v) is 7.62. The summed E-state index contributed by atoms with van der Waals surface area (Å²) in [7, 11) is 0. The molecule has 4 heteroatoms. The summed E-state index contributed by atoms with van der Waals surface area (Å²) < 4.78 is 1.01. The zero-order valence-electron chi connectivity index (χ0n) is 26.8. The van der Waals surface area contributed by atoms with E-state index in [4.69, 9.17) is 0 Å². The van der Waals surface area contributed by atoms with Gasteiger partial charge in [0.25, 0.3) is 0 Å². The third kappa shape index (κ3) is 5.81. The van der Waals surface area contributed by atoms with Crippen molar-refractivity contribution in [2.24, 2.45) is 0 Å². The van der Waals surface area contributed by atoms with E-state index < -0.39 is 0 Å². The van der Waals surface area contributed by atoms with E-state index in [-0.39, 0.29) is 28.5 Å². The smallest absolute Gasteiger partial charge is 0.115 e. The summed E-state index contributed by atoms with van der Waals surface area (Å²) in [6, 6.07) is 38.0. The van der Waals surface area contributed by atoms with Gasteiger partial charge in [0.1, 0.15) is 24.6 Å². The van der Waals surface area contributed by atoms with E-state index in [1.54, 1.807) is 0 Å². The second-order valence-electron chi connectivity index (χ2n) is 12.9. The Hall–Kier alpha value is -4.12. The Kier molecular flexibility index (Phi) is 9.22. The summed E-state index contributed by atoms with van der Waals surface area (Å²) in [6.45, 7) is 8.77. The molecule has 0 bridgehead atoms. The van der Waals surface area contributed by atoms with Crippen molar-refractivity contribution in [2.75, 3.05) is 13.1 Å². The highest BCUT2D eigenvalue weighted by atomic mass is 79.9. The Balaban J connectivity index is 0.00000372. The molecule has 234 valence electrons. The minimum Gasteiger partial charge on any atom is -0.508 e. The van der Waals surface area contributed by atoms with Gasteiger partial charge in [-0.3, -0.25) is 0 Å². The monoisotopic (exact) mass is 672 g/mol. The van der Waals surface area contributed by atoms with Crippen molar-refractivity contribution in [1.82, 2.24) is 0 Å². The average Bonchev–Trinajstić information content (AvgIpc) is 3.22. The number of quaternary nitrogens is 1. The van der Waals surface area contributed by atoms with Crippen molar-refractivity contribution in [3.8, 4) is 44.9 Å². The second kappa shape index (κ2) is 13.3. The highest BCUT2D eigenvalue weighted by Crippen LogP contribution is 2.50. The van der Waals surface area contributed by atoms with Gasteiger partial charge in [0, 0.05) is 22.3 Å². The Morgan fingerprint density at radius 1 is 0.543 bits per heavy atom. The highest BCUT2D eigenvalue weighted by Gasteiger charge is 2.37. The summed E-state index contributed by atoms with van der Waals surface area (Å²) in [5.74, 6) is 0.577. The molecule has 6 aromatic carbocycles. The van der Waals surface area contributed by atoms with Gasteiger partial charge in [-0.2, -0.15) is 0 Å². The zero-order chi connectivity index (χ0) is 31.0. The molecule has 3 nitrogen and oxygen atoms in total. The van der Waals surface area contributed by atoms with E-state index in [1.165, 1.54) is 67.8 Å². The second-order valence-corrected chi connectivity index (χ2v) is 12.9. The van der Waals surface area contributed by atoms with Gasteiger partial charge in [-0.1, -0.05) is 99.5 Å². The van der Waals surface area contributed by atoms with Gasteiger partial charge < -0.3 is 14.7 Å². The third-order valence-electron chi connectivity index (χ3n) is 9.88. The van der Waals surface area contributed by atoms with Gasteiger partial charge in [0.15, 0.2) is 0 Å². The van der Waals surface area contributed by atoms with Crippen LogP contribution in [0, 0.1) is 0 Å². The summed E-state index contributed by atoms with van der Waals surface area (Å²) in [4.78, 5) is 0. The van der Waals surface area contributed by atoms with Crippen LogP contribution in [-0.2, 0) is 13.1 Å². The molecule has 1 heterocycles. The van der Waals surface area contributed by atoms with Crippen LogP contribution in [0.4, 0.5) is 0 Å². The lowest BCUT2D eigenvalue weighted by Gasteiger charge is -2.39. The summed E-state index contributed by atoms with van der Waals surface area (Å²) in [6.07, 6.45) is 4.69. The van der Waals surface area contributed by atoms with Gasteiger partial charge in [0.05, 0.1) is 13.1 Å². The number of benzene rings is 6. The fourth-order valence-electron chi connectivity index (χ4n) is 7.62. The molecule has 6 aromatic rings. The van der Waals surface area contributed by atoms with Gasteiger partial charge in [-0.25, -0.2) is 0 Å². The fraction of sp³-hybridized carbons (Fsp3) is 0.238. The van der Waals surface area contributed by atoms with E-state index >= 15 is 0 Å². The lowest BCUT2D eigenvalue weighted by atomic mass is 9.82. The highest BCUT2D eigenvalue weighted by molar-refractivity contribution is 8.93. The van der Waals surface area contributed by atoms with E-state index in [0.29, 0.717) is 0 Å². The van der Waals surface area contributed by atoms with E-state index in [1.807, 2.05) is 24.3 Å². The molecule has 0 radical (unpaired) electrons. The van der Waals surface area contributed by atoms with Gasteiger partial charge in [-0.05, 0) is 93.0 Å². The van der Waals surface area contributed by atoms with Crippen LogP contribution < -0.4 is 0 Å². The lowest BCUT2D eigenvalue weighted by Crippen LogP contribution is -2.47. The predicted octanol–water partition coefficient (Wildman–Crippen LogP) is 11.4. The lowest BCUT2D eigenvalue weighted by molar-refractivity contribution is -0.953. The van der Waals surface area contributed by atoms with Crippen molar-refractivity contribution in [3.05, 3.63) is 120 Å². The van der Waals surface area contributed by atoms with Crippen LogP contribution in [0.15, 0.2) is 109 Å². The first-order valence-electron chi connectivity index (χ1n) is 16.5. The van der Waals surface area contributed by atoms with Crippen molar-refractivity contribution in [3.63, 3.8) is 0 Å². The van der Waals surface area contributed by atoms with Gasteiger partial charge >= 0.3 is 0 Å². The Morgan fingerprint density at radius 2 is 0.935 bits per heavy atom. The topological polar surface area (TPSA) is 40.5 Å². The normalized spacial score (nSPS) is 13.5. The number of aromatic hydroxyl groups is 2. The van der Waals surface area contributed by atoms with Crippen molar-refractivity contribution >= 4 is 38.5 Å². The number of hydrogen-bond acceptors (Lipinski definition) is 2. The molecular weight excluding hydrogens is 630 g/mol. The Labute approximate surface area is 283 Å². The van der Waals surface area contributed by atoms with Crippen LogP contribution in [0.25, 0.3) is 54.9 Å². The summed E-state index contributed by atoms with van der Waals surface area (Å²) >= 11 is 0. The molecule has 1 aliphatic heterocycles. The molecule has 1 aliphatic rings. The number of rotatable bonds is 8. The minimum atomic E-state index is 0. The van der Waals surface area contributed by atoms with E-state index in [9.17, 15) is 10.2 Å². The first-order chi connectivity index (χ1) is 22.0. The van der Waals surface area contributed by atoms with Crippen LogP contribution in [0.5, 0.6) is 11.5 Å².